The maximum absolute atomic E-state index is 12.6. The van der Waals surface area contributed by atoms with Crippen LogP contribution >= 0.6 is 11.3 Å². The molecule has 3 aromatic rings. The molecule has 2 aromatic carbocycles. The highest BCUT2D eigenvalue weighted by Gasteiger charge is 2.22. The maximum atomic E-state index is 12.6. The molecule has 3 rings (SSSR count). The number of nitrogens with one attached hydrogen (secondary N) is 2. The van der Waals surface area contributed by atoms with Crippen molar-refractivity contribution >= 4 is 38.1 Å². The normalized spacial score (nSPS) is 11.4. The third-order valence-corrected chi connectivity index (χ3v) is 6.29. The molecule has 0 saturated heterocycles. The van der Waals surface area contributed by atoms with E-state index in [1.165, 1.54) is 0 Å². The van der Waals surface area contributed by atoms with Gasteiger partial charge in [-0.1, -0.05) is 61.6 Å². The molecule has 27 heavy (non-hydrogen) atoms. The molecule has 0 unspecified atom stereocenters. The van der Waals surface area contributed by atoms with Crippen LogP contribution in [0.5, 0.6) is 0 Å². The van der Waals surface area contributed by atoms with Crippen molar-refractivity contribution in [3.63, 3.8) is 0 Å². The average molecular weight is 403 g/mol. The Balaban J connectivity index is 1.78. The Morgan fingerprint density at radius 1 is 1.00 bits per heavy atom. The van der Waals surface area contributed by atoms with Gasteiger partial charge in [0.05, 0.1) is 5.69 Å². The molecule has 0 aliphatic rings. The van der Waals surface area contributed by atoms with Crippen molar-refractivity contribution in [1.29, 1.82) is 0 Å². The number of aromatic nitrogens is 2. The quantitative estimate of drug-likeness (QED) is 0.612. The zero-order valence-electron chi connectivity index (χ0n) is 14.7. The molecular weight excluding hydrogens is 384 g/mol. The van der Waals surface area contributed by atoms with E-state index in [1.54, 1.807) is 42.5 Å². The van der Waals surface area contributed by atoms with Crippen molar-refractivity contribution in [3.05, 3.63) is 65.7 Å². The lowest BCUT2D eigenvalue weighted by Gasteiger charge is -2.13. The molecular formula is C18H18N4O3S2. The van der Waals surface area contributed by atoms with E-state index in [1.807, 2.05) is 26.0 Å². The number of benzene rings is 2. The number of nitrogens with zero attached hydrogens (tertiary/aromatic N) is 2. The molecule has 2 N–H and O–H groups in total. The molecule has 0 saturated carbocycles. The Bertz CT molecular complexity index is 1050. The summed E-state index contributed by atoms with van der Waals surface area (Å²) in [5.41, 5.74) is 1.82. The molecule has 0 spiro atoms. The minimum atomic E-state index is -3.91. The molecule has 0 aliphatic carbocycles. The van der Waals surface area contributed by atoms with Gasteiger partial charge in [-0.2, -0.15) is 8.42 Å². The van der Waals surface area contributed by atoms with Crippen molar-refractivity contribution in [2.45, 2.75) is 24.1 Å². The summed E-state index contributed by atoms with van der Waals surface area (Å²) in [4.78, 5) is 12.1. The number of carbonyl (C=O) groups is 1. The number of sulfonamides is 1. The first-order chi connectivity index (χ1) is 12.9. The second kappa shape index (κ2) is 7.85. The zero-order chi connectivity index (χ0) is 19.4. The minimum Gasteiger partial charge on any atom is -0.296 e. The standard InChI is InChI=1S/C18H18N4O3S2/c1-12(2)14-10-6-7-11-15(14)22-27(24,25)18-21-20-17(26-18)19-16(23)13-8-4-3-5-9-13/h3-12,22H,1-2H3,(H,19,20,23). The Hall–Kier alpha value is -2.78. The summed E-state index contributed by atoms with van der Waals surface area (Å²) in [5.74, 6) is -0.229. The smallest absolute Gasteiger partial charge is 0.291 e. The number of para-hydroxylation sites is 1. The fraction of sp³-hybridized carbons (Fsp3) is 0.167. The van der Waals surface area contributed by atoms with E-state index in [0.29, 0.717) is 11.3 Å². The van der Waals surface area contributed by atoms with E-state index < -0.39 is 10.0 Å². The van der Waals surface area contributed by atoms with Crippen LogP contribution in [0, 0.1) is 0 Å². The van der Waals surface area contributed by atoms with Crippen molar-refractivity contribution in [1.82, 2.24) is 10.2 Å². The first-order valence-corrected chi connectivity index (χ1v) is 10.5. The predicted molar refractivity (Wildman–Crippen MR) is 106 cm³/mol. The van der Waals surface area contributed by atoms with Crippen LogP contribution in [0.15, 0.2) is 58.9 Å². The molecule has 1 aromatic heterocycles. The van der Waals surface area contributed by atoms with Gasteiger partial charge in [0.1, 0.15) is 0 Å². The molecule has 0 bridgehead atoms. The number of amides is 1. The number of hydrogen-bond acceptors (Lipinski definition) is 6. The van der Waals surface area contributed by atoms with Gasteiger partial charge in [0.15, 0.2) is 0 Å². The fourth-order valence-electron chi connectivity index (χ4n) is 2.41. The molecule has 0 aliphatic heterocycles. The Morgan fingerprint density at radius 2 is 1.67 bits per heavy atom. The highest BCUT2D eigenvalue weighted by atomic mass is 32.2. The second-order valence-corrected chi connectivity index (χ2v) is 8.87. The van der Waals surface area contributed by atoms with Gasteiger partial charge in [-0.25, -0.2) is 0 Å². The van der Waals surface area contributed by atoms with Crippen LogP contribution in [0.1, 0.15) is 35.7 Å². The van der Waals surface area contributed by atoms with Crippen LogP contribution in [0.2, 0.25) is 0 Å². The molecule has 140 valence electrons. The van der Waals surface area contributed by atoms with E-state index in [2.05, 4.69) is 20.2 Å². The molecule has 0 atom stereocenters. The summed E-state index contributed by atoms with van der Waals surface area (Å²) in [7, 11) is -3.91. The zero-order valence-corrected chi connectivity index (χ0v) is 16.3. The Kier molecular flexibility index (Phi) is 5.52. The summed E-state index contributed by atoms with van der Waals surface area (Å²) < 4.78 is 27.6. The first kappa shape index (κ1) is 19.0. The highest BCUT2D eigenvalue weighted by Crippen LogP contribution is 2.28. The van der Waals surface area contributed by atoms with Crippen molar-refractivity contribution < 1.29 is 13.2 Å². The molecule has 0 fully saturated rings. The van der Waals surface area contributed by atoms with Crippen LogP contribution in [0.4, 0.5) is 10.8 Å². The van der Waals surface area contributed by atoms with Crippen molar-refractivity contribution in [2.24, 2.45) is 0 Å². The minimum absolute atomic E-state index is 0.112. The van der Waals surface area contributed by atoms with Crippen LogP contribution < -0.4 is 10.0 Å². The van der Waals surface area contributed by atoms with Gasteiger partial charge < -0.3 is 0 Å². The fourth-order valence-corrected chi connectivity index (χ4v) is 4.39. The number of hydrogen-bond donors (Lipinski definition) is 2. The van der Waals surface area contributed by atoms with E-state index in [-0.39, 0.29) is 21.3 Å². The third kappa shape index (κ3) is 4.50. The van der Waals surface area contributed by atoms with Gasteiger partial charge in [0, 0.05) is 5.56 Å². The monoisotopic (exact) mass is 402 g/mol. The van der Waals surface area contributed by atoms with Gasteiger partial charge in [0.25, 0.3) is 20.3 Å². The van der Waals surface area contributed by atoms with E-state index in [4.69, 9.17) is 0 Å². The van der Waals surface area contributed by atoms with E-state index in [9.17, 15) is 13.2 Å². The predicted octanol–water partition coefficient (Wildman–Crippen LogP) is 3.71. The summed E-state index contributed by atoms with van der Waals surface area (Å²) >= 11 is 0.792. The van der Waals surface area contributed by atoms with Crippen LogP contribution in [0.3, 0.4) is 0 Å². The molecule has 1 heterocycles. The average Bonchev–Trinajstić information content (AvgIpc) is 3.12. The summed E-state index contributed by atoms with van der Waals surface area (Å²) in [6.07, 6.45) is 0. The Morgan fingerprint density at radius 3 is 2.37 bits per heavy atom. The Labute approximate surface area is 161 Å². The van der Waals surface area contributed by atoms with Gasteiger partial charge in [-0.05, 0) is 29.7 Å². The third-order valence-electron chi connectivity index (χ3n) is 3.72. The largest absolute Gasteiger partial charge is 0.296 e. The van der Waals surface area contributed by atoms with Crippen molar-refractivity contribution in [2.75, 3.05) is 10.0 Å². The number of anilines is 2. The van der Waals surface area contributed by atoms with E-state index in [0.717, 1.165) is 16.9 Å². The van der Waals surface area contributed by atoms with Crippen LogP contribution in [0.25, 0.3) is 0 Å². The van der Waals surface area contributed by atoms with Crippen LogP contribution in [-0.4, -0.2) is 24.5 Å². The molecule has 9 heteroatoms. The SMILES string of the molecule is CC(C)c1ccccc1NS(=O)(=O)c1nnc(NC(=O)c2ccccc2)s1. The molecule has 7 nitrogen and oxygen atoms in total. The summed E-state index contributed by atoms with van der Waals surface area (Å²) in [5, 5.41) is 10.1. The lowest BCUT2D eigenvalue weighted by atomic mass is 10.0. The topological polar surface area (TPSA) is 101 Å². The first-order valence-electron chi connectivity index (χ1n) is 8.18. The lowest BCUT2D eigenvalue weighted by Crippen LogP contribution is -2.14. The highest BCUT2D eigenvalue weighted by molar-refractivity contribution is 7.94. The van der Waals surface area contributed by atoms with Crippen LogP contribution in [-0.2, 0) is 10.0 Å². The summed E-state index contributed by atoms with van der Waals surface area (Å²) in [6, 6.07) is 15.8. The van der Waals surface area contributed by atoms with Gasteiger partial charge in [0.2, 0.25) is 5.13 Å². The maximum Gasteiger partial charge on any atom is 0.291 e. The summed E-state index contributed by atoms with van der Waals surface area (Å²) in [6.45, 7) is 3.96. The molecule has 1 amide bonds. The van der Waals surface area contributed by atoms with Gasteiger partial charge in [-0.15, -0.1) is 10.2 Å². The second-order valence-electron chi connectivity index (χ2n) is 6.04. The lowest BCUT2D eigenvalue weighted by molar-refractivity contribution is 0.102. The number of carbonyl (C=O) groups excluding carboxylic acids is 1. The van der Waals surface area contributed by atoms with E-state index >= 15 is 0 Å². The van der Waals surface area contributed by atoms with Gasteiger partial charge >= 0.3 is 0 Å². The van der Waals surface area contributed by atoms with Crippen molar-refractivity contribution in [3.8, 4) is 0 Å². The number of rotatable bonds is 6. The molecule has 0 radical (unpaired) electrons. The van der Waals surface area contributed by atoms with Gasteiger partial charge in [-0.3, -0.25) is 14.8 Å².